The van der Waals surface area contributed by atoms with Crippen molar-refractivity contribution in [3.63, 3.8) is 0 Å². The smallest absolute Gasteiger partial charge is 0.251 e. The number of benzene rings is 1. The molecule has 2 unspecified atom stereocenters. The molecule has 0 aromatic heterocycles. The Kier molecular flexibility index (Phi) is 5.56. The second-order valence-corrected chi connectivity index (χ2v) is 5.58. The summed E-state index contributed by atoms with van der Waals surface area (Å²) in [5.74, 6) is 0.732. The summed E-state index contributed by atoms with van der Waals surface area (Å²) in [6.07, 6.45) is 4.16. The molecule has 20 heavy (non-hydrogen) atoms. The maximum absolute atomic E-state index is 12.1. The van der Waals surface area contributed by atoms with Gasteiger partial charge in [-0.3, -0.25) is 4.79 Å². The van der Waals surface area contributed by atoms with Crippen molar-refractivity contribution in [3.05, 3.63) is 35.4 Å². The lowest BCUT2D eigenvalue weighted by molar-refractivity contribution is 0.0938. The van der Waals surface area contributed by atoms with Crippen molar-refractivity contribution in [2.45, 2.75) is 25.7 Å². The van der Waals surface area contributed by atoms with Gasteiger partial charge in [0.2, 0.25) is 0 Å². The van der Waals surface area contributed by atoms with Crippen LogP contribution >= 0.6 is 0 Å². The lowest BCUT2D eigenvalue weighted by Crippen LogP contribution is -2.31. The lowest BCUT2D eigenvalue weighted by Gasteiger charge is -2.17. The topological polar surface area (TPSA) is 75.4 Å². The van der Waals surface area contributed by atoms with Crippen molar-refractivity contribution in [1.82, 2.24) is 5.32 Å². The van der Waals surface area contributed by atoms with Crippen LogP contribution < -0.4 is 11.1 Å². The third kappa shape index (κ3) is 3.81. The number of hydrogen-bond donors (Lipinski definition) is 3. The van der Waals surface area contributed by atoms with Crippen molar-refractivity contribution in [2.24, 2.45) is 17.6 Å². The zero-order valence-electron chi connectivity index (χ0n) is 11.8. The standard InChI is InChI=1S/C16H24N2O2/c17-9-8-12-4-6-13(7-5-12)16(20)18-10-14-2-1-3-15(14)11-19/h4-7,14-15,19H,1-3,8-11,17H2,(H,18,20). The van der Waals surface area contributed by atoms with Gasteiger partial charge in [0, 0.05) is 18.7 Å². The molecule has 1 aliphatic carbocycles. The third-order valence-electron chi connectivity index (χ3n) is 4.22. The predicted molar refractivity (Wildman–Crippen MR) is 79.5 cm³/mol. The fourth-order valence-corrected chi connectivity index (χ4v) is 2.94. The van der Waals surface area contributed by atoms with Crippen LogP contribution in [0.25, 0.3) is 0 Å². The largest absolute Gasteiger partial charge is 0.396 e. The fraction of sp³-hybridized carbons (Fsp3) is 0.562. The van der Waals surface area contributed by atoms with Crippen LogP contribution in [0.2, 0.25) is 0 Å². The normalized spacial score (nSPS) is 21.9. The number of nitrogens with one attached hydrogen (secondary N) is 1. The highest BCUT2D eigenvalue weighted by atomic mass is 16.3. The van der Waals surface area contributed by atoms with Crippen LogP contribution in [0.3, 0.4) is 0 Å². The molecule has 2 rings (SSSR count). The van der Waals surface area contributed by atoms with Crippen molar-refractivity contribution in [2.75, 3.05) is 19.7 Å². The van der Waals surface area contributed by atoms with Gasteiger partial charge < -0.3 is 16.2 Å². The van der Waals surface area contributed by atoms with Crippen LogP contribution in [0.15, 0.2) is 24.3 Å². The lowest BCUT2D eigenvalue weighted by atomic mass is 9.97. The summed E-state index contributed by atoms with van der Waals surface area (Å²) in [6, 6.07) is 7.60. The predicted octanol–water partition coefficient (Wildman–Crippen LogP) is 1.33. The Bertz CT molecular complexity index is 431. The molecule has 1 fully saturated rings. The summed E-state index contributed by atoms with van der Waals surface area (Å²) in [5.41, 5.74) is 7.34. The van der Waals surface area contributed by atoms with Crippen LogP contribution in [0, 0.1) is 11.8 Å². The fourth-order valence-electron chi connectivity index (χ4n) is 2.94. The van der Waals surface area contributed by atoms with Gasteiger partial charge in [-0.15, -0.1) is 0 Å². The van der Waals surface area contributed by atoms with Crippen molar-refractivity contribution in [3.8, 4) is 0 Å². The Hall–Kier alpha value is -1.39. The first kappa shape index (κ1) is 15.0. The van der Waals surface area contributed by atoms with Gasteiger partial charge >= 0.3 is 0 Å². The first-order chi connectivity index (χ1) is 9.74. The molecule has 0 aliphatic heterocycles. The Morgan fingerprint density at radius 3 is 2.60 bits per heavy atom. The summed E-state index contributed by atoms with van der Waals surface area (Å²) in [5, 5.41) is 12.3. The maximum Gasteiger partial charge on any atom is 0.251 e. The van der Waals surface area contributed by atoms with E-state index in [-0.39, 0.29) is 12.5 Å². The van der Waals surface area contributed by atoms with Crippen LogP contribution in [-0.4, -0.2) is 30.7 Å². The van der Waals surface area contributed by atoms with E-state index in [9.17, 15) is 9.90 Å². The number of nitrogens with two attached hydrogens (primary N) is 1. The molecule has 1 aliphatic rings. The zero-order chi connectivity index (χ0) is 14.4. The molecule has 4 heteroatoms. The quantitative estimate of drug-likeness (QED) is 0.733. The molecule has 0 spiro atoms. The molecule has 110 valence electrons. The van der Waals surface area contributed by atoms with Gasteiger partial charge in [-0.2, -0.15) is 0 Å². The van der Waals surface area contributed by atoms with E-state index < -0.39 is 0 Å². The van der Waals surface area contributed by atoms with Crippen LogP contribution in [0.1, 0.15) is 35.2 Å². The maximum atomic E-state index is 12.1. The summed E-state index contributed by atoms with van der Waals surface area (Å²) < 4.78 is 0. The van der Waals surface area contributed by atoms with E-state index in [2.05, 4.69) is 5.32 Å². The van der Waals surface area contributed by atoms with Gasteiger partial charge in [-0.25, -0.2) is 0 Å². The molecule has 0 heterocycles. The summed E-state index contributed by atoms with van der Waals surface area (Å²) in [6.45, 7) is 1.51. The van der Waals surface area contributed by atoms with E-state index in [1.165, 1.54) is 0 Å². The monoisotopic (exact) mass is 276 g/mol. The van der Waals surface area contributed by atoms with E-state index in [0.717, 1.165) is 31.2 Å². The molecule has 1 aromatic rings. The van der Waals surface area contributed by atoms with Gasteiger partial charge in [0.1, 0.15) is 0 Å². The summed E-state index contributed by atoms with van der Waals surface area (Å²) in [7, 11) is 0. The van der Waals surface area contributed by atoms with Gasteiger partial charge in [-0.1, -0.05) is 18.6 Å². The van der Waals surface area contributed by atoms with Gasteiger partial charge in [0.15, 0.2) is 0 Å². The second kappa shape index (κ2) is 7.41. The molecular formula is C16H24N2O2. The molecule has 1 saturated carbocycles. The molecule has 1 aromatic carbocycles. The number of aliphatic hydroxyl groups excluding tert-OH is 1. The number of rotatable bonds is 6. The van der Waals surface area contributed by atoms with Gasteiger partial charge in [-0.05, 0) is 55.3 Å². The molecule has 0 saturated heterocycles. The Morgan fingerprint density at radius 1 is 1.25 bits per heavy atom. The molecule has 1 amide bonds. The minimum Gasteiger partial charge on any atom is -0.396 e. The van der Waals surface area contributed by atoms with Crippen LogP contribution in [0.5, 0.6) is 0 Å². The Labute approximate surface area is 120 Å². The molecule has 2 atom stereocenters. The minimum absolute atomic E-state index is 0.0344. The second-order valence-electron chi connectivity index (χ2n) is 5.58. The highest BCUT2D eigenvalue weighted by Gasteiger charge is 2.26. The number of aliphatic hydroxyl groups is 1. The van der Waals surface area contributed by atoms with E-state index in [0.29, 0.717) is 30.5 Å². The molecule has 0 bridgehead atoms. The highest BCUT2D eigenvalue weighted by molar-refractivity contribution is 5.94. The number of amides is 1. The van der Waals surface area contributed by atoms with Crippen molar-refractivity contribution in [1.29, 1.82) is 0 Å². The van der Waals surface area contributed by atoms with Gasteiger partial charge in [0.25, 0.3) is 5.91 Å². The third-order valence-corrected chi connectivity index (χ3v) is 4.22. The Morgan fingerprint density at radius 2 is 1.95 bits per heavy atom. The summed E-state index contributed by atoms with van der Waals surface area (Å²) in [4.78, 5) is 12.1. The highest BCUT2D eigenvalue weighted by Crippen LogP contribution is 2.30. The van der Waals surface area contributed by atoms with Crippen LogP contribution in [-0.2, 0) is 6.42 Å². The molecule has 4 N–H and O–H groups in total. The molecular weight excluding hydrogens is 252 g/mol. The number of carbonyl (C=O) groups is 1. The van der Waals surface area contributed by atoms with E-state index in [1.807, 2.05) is 24.3 Å². The first-order valence-corrected chi connectivity index (χ1v) is 7.42. The Balaban J connectivity index is 1.85. The number of hydrogen-bond acceptors (Lipinski definition) is 3. The van der Waals surface area contributed by atoms with Crippen molar-refractivity contribution >= 4 is 5.91 Å². The summed E-state index contributed by atoms with van der Waals surface area (Å²) >= 11 is 0. The SMILES string of the molecule is NCCc1ccc(C(=O)NCC2CCCC2CO)cc1. The molecule has 0 radical (unpaired) electrons. The number of carbonyl (C=O) groups excluding carboxylic acids is 1. The molecule has 4 nitrogen and oxygen atoms in total. The average molecular weight is 276 g/mol. The first-order valence-electron chi connectivity index (χ1n) is 7.42. The van der Waals surface area contributed by atoms with Crippen LogP contribution in [0.4, 0.5) is 0 Å². The van der Waals surface area contributed by atoms with E-state index in [1.54, 1.807) is 0 Å². The average Bonchev–Trinajstić information content (AvgIpc) is 2.93. The zero-order valence-corrected chi connectivity index (χ0v) is 11.8. The minimum atomic E-state index is -0.0344. The van der Waals surface area contributed by atoms with Gasteiger partial charge in [0.05, 0.1) is 0 Å². The van der Waals surface area contributed by atoms with E-state index in [4.69, 9.17) is 5.73 Å². The van der Waals surface area contributed by atoms with E-state index >= 15 is 0 Å². The van der Waals surface area contributed by atoms with Crippen molar-refractivity contribution < 1.29 is 9.90 Å².